The van der Waals surface area contributed by atoms with E-state index in [-0.39, 0.29) is 24.2 Å². The lowest BCUT2D eigenvalue weighted by Crippen LogP contribution is -2.28. The Bertz CT molecular complexity index is 791. The smallest absolute Gasteiger partial charge is 0.231 e. The lowest BCUT2D eigenvalue weighted by Gasteiger charge is -2.16. The molecule has 2 heterocycles. The molecule has 138 valence electrons. The van der Waals surface area contributed by atoms with Crippen LogP contribution in [0.1, 0.15) is 30.8 Å². The summed E-state index contributed by atoms with van der Waals surface area (Å²) < 4.78 is 0. The van der Waals surface area contributed by atoms with Gasteiger partial charge in [0.1, 0.15) is 5.01 Å². The predicted octanol–water partition coefficient (Wildman–Crippen LogP) is 3.38. The van der Waals surface area contributed by atoms with E-state index in [1.165, 1.54) is 11.3 Å². The van der Waals surface area contributed by atoms with Crippen molar-refractivity contribution < 1.29 is 9.59 Å². The molecule has 1 aliphatic rings. The topological polar surface area (TPSA) is 75.2 Å². The zero-order valence-corrected chi connectivity index (χ0v) is 16.3. The minimum atomic E-state index is -0.368. The van der Waals surface area contributed by atoms with E-state index in [1.807, 2.05) is 12.1 Å². The van der Waals surface area contributed by atoms with Crippen molar-refractivity contribution >= 4 is 39.9 Å². The lowest BCUT2D eigenvalue weighted by atomic mass is 10.1. The summed E-state index contributed by atoms with van der Waals surface area (Å²) in [5.41, 5.74) is 0.992. The van der Waals surface area contributed by atoms with E-state index < -0.39 is 0 Å². The Balaban J connectivity index is 1.56. The third-order valence-corrected chi connectivity index (χ3v) is 5.26. The highest BCUT2D eigenvalue weighted by Gasteiger charge is 2.34. The van der Waals surface area contributed by atoms with Gasteiger partial charge in [-0.25, -0.2) is 0 Å². The van der Waals surface area contributed by atoms with Crippen molar-refractivity contribution in [3.05, 3.63) is 39.9 Å². The number of aromatic nitrogens is 2. The Morgan fingerprint density at radius 1 is 1.35 bits per heavy atom. The Morgan fingerprint density at radius 3 is 2.77 bits per heavy atom. The van der Waals surface area contributed by atoms with Crippen LogP contribution in [0.2, 0.25) is 5.02 Å². The van der Waals surface area contributed by atoms with Crippen LogP contribution in [-0.2, 0) is 22.6 Å². The van der Waals surface area contributed by atoms with Crippen LogP contribution in [0.25, 0.3) is 0 Å². The van der Waals surface area contributed by atoms with Gasteiger partial charge in [-0.15, -0.1) is 10.2 Å². The molecule has 8 heteroatoms. The summed E-state index contributed by atoms with van der Waals surface area (Å²) in [6.07, 6.45) is 1.06. The van der Waals surface area contributed by atoms with Gasteiger partial charge < -0.3 is 10.2 Å². The van der Waals surface area contributed by atoms with Gasteiger partial charge in [0.2, 0.25) is 16.9 Å². The molecular formula is C18H21ClN4O2S. The van der Waals surface area contributed by atoms with Gasteiger partial charge in [-0.2, -0.15) is 0 Å². The molecule has 0 unspecified atom stereocenters. The van der Waals surface area contributed by atoms with Crippen LogP contribution in [0.5, 0.6) is 0 Å². The number of nitrogens with one attached hydrogen (secondary N) is 1. The van der Waals surface area contributed by atoms with Crippen LogP contribution in [0.15, 0.2) is 24.3 Å². The van der Waals surface area contributed by atoms with E-state index in [1.54, 1.807) is 17.0 Å². The first-order valence-electron chi connectivity index (χ1n) is 8.56. The van der Waals surface area contributed by atoms with Gasteiger partial charge in [0.05, 0.1) is 5.92 Å². The second kappa shape index (κ2) is 8.14. The first kappa shape index (κ1) is 18.8. The van der Waals surface area contributed by atoms with Crippen LogP contribution in [0, 0.1) is 11.8 Å². The average molecular weight is 393 g/mol. The molecule has 1 aromatic heterocycles. The van der Waals surface area contributed by atoms with Crippen LogP contribution in [0.4, 0.5) is 5.13 Å². The summed E-state index contributed by atoms with van der Waals surface area (Å²) in [6, 6.07) is 7.37. The molecule has 2 amide bonds. The summed E-state index contributed by atoms with van der Waals surface area (Å²) in [4.78, 5) is 26.4. The lowest BCUT2D eigenvalue weighted by molar-refractivity contribution is -0.128. The molecule has 2 aromatic rings. The van der Waals surface area contributed by atoms with Crippen molar-refractivity contribution in [3.63, 3.8) is 0 Å². The fraction of sp³-hybridized carbons (Fsp3) is 0.444. The minimum absolute atomic E-state index is 0.0159. The molecule has 1 fully saturated rings. The van der Waals surface area contributed by atoms with Gasteiger partial charge >= 0.3 is 0 Å². The largest absolute Gasteiger partial charge is 0.338 e. The number of halogens is 1. The third kappa shape index (κ3) is 4.80. The molecular weight excluding hydrogens is 372 g/mol. The molecule has 0 spiro atoms. The molecule has 1 aliphatic heterocycles. The average Bonchev–Trinajstić information content (AvgIpc) is 3.16. The molecule has 0 aliphatic carbocycles. The summed E-state index contributed by atoms with van der Waals surface area (Å²) >= 11 is 7.27. The Kier molecular flexibility index (Phi) is 5.88. The second-order valence-corrected chi connectivity index (χ2v) is 8.39. The zero-order valence-electron chi connectivity index (χ0n) is 14.7. The van der Waals surface area contributed by atoms with E-state index >= 15 is 0 Å². The number of amides is 2. The molecule has 0 saturated carbocycles. The number of nitrogens with zero attached hydrogens (tertiary/aromatic N) is 3. The third-order valence-electron chi connectivity index (χ3n) is 4.15. The quantitative estimate of drug-likeness (QED) is 0.817. The maximum atomic E-state index is 12.5. The highest BCUT2D eigenvalue weighted by atomic mass is 35.5. The van der Waals surface area contributed by atoms with Gasteiger partial charge in [-0.05, 0) is 23.6 Å². The number of carbonyl (C=O) groups is 2. The van der Waals surface area contributed by atoms with Crippen molar-refractivity contribution in [1.82, 2.24) is 15.1 Å². The Hall–Kier alpha value is -1.99. The fourth-order valence-corrected chi connectivity index (χ4v) is 3.93. The minimum Gasteiger partial charge on any atom is -0.338 e. The van der Waals surface area contributed by atoms with Crippen LogP contribution in [0.3, 0.4) is 0 Å². The number of benzene rings is 1. The highest BCUT2D eigenvalue weighted by molar-refractivity contribution is 7.15. The summed E-state index contributed by atoms with van der Waals surface area (Å²) in [6.45, 7) is 5.11. The van der Waals surface area contributed by atoms with Gasteiger partial charge in [-0.1, -0.05) is 48.9 Å². The molecule has 1 atom stereocenters. The second-order valence-electron chi connectivity index (χ2n) is 6.89. The number of hydrogen-bond acceptors (Lipinski definition) is 5. The van der Waals surface area contributed by atoms with Gasteiger partial charge in [-0.3, -0.25) is 9.59 Å². The summed E-state index contributed by atoms with van der Waals surface area (Å²) in [5, 5.41) is 13.0. The molecule has 3 rings (SSSR count). The number of likely N-dealkylation sites (tertiary alicyclic amines) is 1. The van der Waals surface area contributed by atoms with Crippen LogP contribution >= 0.6 is 22.9 Å². The van der Waals surface area contributed by atoms with Crippen molar-refractivity contribution in [1.29, 1.82) is 0 Å². The molecule has 1 aromatic carbocycles. The van der Waals surface area contributed by atoms with E-state index in [9.17, 15) is 9.59 Å². The first-order valence-corrected chi connectivity index (χ1v) is 9.75. The number of carbonyl (C=O) groups excluding carboxylic acids is 2. The number of rotatable bonds is 6. The van der Waals surface area contributed by atoms with E-state index in [0.29, 0.717) is 29.2 Å². The first-order chi connectivity index (χ1) is 12.4. The van der Waals surface area contributed by atoms with E-state index in [4.69, 9.17) is 11.6 Å². The van der Waals surface area contributed by atoms with Crippen LogP contribution in [-0.4, -0.2) is 33.5 Å². The maximum absolute atomic E-state index is 12.5. The van der Waals surface area contributed by atoms with Crippen LogP contribution < -0.4 is 5.32 Å². The molecule has 6 nitrogen and oxygen atoms in total. The van der Waals surface area contributed by atoms with Crippen molar-refractivity contribution in [3.8, 4) is 0 Å². The molecule has 1 saturated heterocycles. The van der Waals surface area contributed by atoms with Gasteiger partial charge in [0.25, 0.3) is 0 Å². The van der Waals surface area contributed by atoms with Crippen molar-refractivity contribution in [2.75, 3.05) is 11.9 Å². The molecule has 0 radical (unpaired) electrons. The van der Waals surface area contributed by atoms with Crippen molar-refractivity contribution in [2.45, 2.75) is 33.2 Å². The Labute approximate surface area is 161 Å². The SMILES string of the molecule is CC(C)Cc1nnc(NC(=O)[C@H]2CC(=O)N(Cc3ccc(Cl)cc3)C2)s1. The van der Waals surface area contributed by atoms with Gasteiger partial charge in [0, 0.05) is 31.0 Å². The monoisotopic (exact) mass is 392 g/mol. The molecule has 1 N–H and O–H groups in total. The summed E-state index contributed by atoms with van der Waals surface area (Å²) in [7, 11) is 0. The normalized spacial score (nSPS) is 17.2. The maximum Gasteiger partial charge on any atom is 0.231 e. The standard InChI is InChI=1S/C18H21ClN4O2S/c1-11(2)7-15-21-22-18(26-15)20-17(25)13-8-16(24)23(10-13)9-12-3-5-14(19)6-4-12/h3-6,11,13H,7-10H2,1-2H3,(H,20,22,25)/t13-/m0/s1. The molecule has 0 bridgehead atoms. The molecule has 26 heavy (non-hydrogen) atoms. The fourth-order valence-electron chi connectivity index (χ4n) is 2.85. The number of hydrogen-bond donors (Lipinski definition) is 1. The summed E-state index contributed by atoms with van der Waals surface area (Å²) in [5.74, 6) is -0.0744. The van der Waals surface area contributed by atoms with Gasteiger partial charge in [0.15, 0.2) is 0 Å². The highest BCUT2D eigenvalue weighted by Crippen LogP contribution is 2.24. The van der Waals surface area contributed by atoms with E-state index in [0.717, 1.165) is 17.0 Å². The predicted molar refractivity (Wildman–Crippen MR) is 102 cm³/mol. The number of anilines is 1. The Morgan fingerprint density at radius 2 is 2.08 bits per heavy atom. The van der Waals surface area contributed by atoms with E-state index in [2.05, 4.69) is 29.4 Å². The zero-order chi connectivity index (χ0) is 18.7. The van der Waals surface area contributed by atoms with Crippen molar-refractivity contribution in [2.24, 2.45) is 11.8 Å².